The molecule has 1 aromatic carbocycles. The summed E-state index contributed by atoms with van der Waals surface area (Å²) in [5.41, 5.74) is -1.30. The molecular weight excluding hydrogens is 345 g/mol. The van der Waals surface area contributed by atoms with Gasteiger partial charge in [0.2, 0.25) is 5.69 Å². The van der Waals surface area contributed by atoms with Gasteiger partial charge in [0.1, 0.15) is 0 Å². The quantitative estimate of drug-likeness (QED) is 0.500. The average Bonchev–Trinajstić information content (AvgIpc) is 2.86. The van der Waals surface area contributed by atoms with Crippen molar-refractivity contribution in [3.05, 3.63) is 50.1 Å². The van der Waals surface area contributed by atoms with Crippen molar-refractivity contribution in [1.82, 2.24) is 0 Å². The Kier molecular flexibility index (Phi) is 3.93. The van der Waals surface area contributed by atoms with Gasteiger partial charge >= 0.3 is 17.6 Å². The van der Waals surface area contributed by atoms with E-state index in [1.165, 1.54) is 0 Å². The second kappa shape index (κ2) is 5.83. The molecule has 0 radical (unpaired) electrons. The lowest BCUT2D eigenvalue weighted by atomic mass is 9.74. The van der Waals surface area contributed by atoms with Crippen molar-refractivity contribution in [2.24, 2.45) is 16.9 Å². The molecule has 0 aliphatic heterocycles. The normalized spacial score (nSPS) is 23.2. The zero-order valence-electron chi connectivity index (χ0n) is 12.5. The van der Waals surface area contributed by atoms with Gasteiger partial charge in [-0.1, -0.05) is 12.2 Å². The molecule has 1 aromatic rings. The number of allylic oxidation sites excluding steroid dienone is 2. The Labute approximate surface area is 138 Å². The number of nitro benzene ring substituents is 2. The minimum Gasteiger partial charge on any atom is -0.266 e. The summed E-state index contributed by atoms with van der Waals surface area (Å²) in [5, 5.41) is 26.2. The smallest absolute Gasteiger partial charge is 0.266 e. The first-order valence-electron chi connectivity index (χ1n) is 7.21. The number of hydrogen-bond acceptors (Lipinski definition) is 6. The predicted molar refractivity (Wildman–Crippen MR) is 81.2 cm³/mol. The average molecular weight is 356 g/mol. The monoisotopic (exact) mass is 356 g/mol. The van der Waals surface area contributed by atoms with Crippen molar-refractivity contribution in [3.8, 4) is 0 Å². The van der Waals surface area contributed by atoms with Crippen LogP contribution in [0.3, 0.4) is 0 Å². The van der Waals surface area contributed by atoms with Crippen molar-refractivity contribution in [1.29, 1.82) is 0 Å². The molecule has 1 fully saturated rings. The summed E-state index contributed by atoms with van der Waals surface area (Å²) in [6, 6.07) is 0.520. The predicted octanol–water partition coefficient (Wildman–Crippen LogP) is 3.89. The Morgan fingerprint density at radius 2 is 1.76 bits per heavy atom. The SMILES string of the molecule is O=[N+]([O-])c1cc(C(F)(F)F)cc([N+](=O)[O-])c1N/N=C1/C[C@H]2C=CC[C@H]12. The Morgan fingerprint density at radius 3 is 2.24 bits per heavy atom. The van der Waals surface area contributed by atoms with E-state index in [4.69, 9.17) is 0 Å². The Bertz CT molecular complexity index is 784. The van der Waals surface area contributed by atoms with Crippen molar-refractivity contribution in [3.63, 3.8) is 0 Å². The van der Waals surface area contributed by atoms with Gasteiger partial charge in [-0.15, -0.1) is 0 Å². The van der Waals surface area contributed by atoms with Crippen LogP contribution in [-0.4, -0.2) is 15.6 Å². The van der Waals surface area contributed by atoms with Gasteiger partial charge in [-0.2, -0.15) is 18.3 Å². The van der Waals surface area contributed by atoms with E-state index in [1.807, 2.05) is 12.2 Å². The van der Waals surface area contributed by atoms with Gasteiger partial charge in [0, 0.05) is 23.8 Å². The highest BCUT2D eigenvalue weighted by Crippen LogP contribution is 2.43. The van der Waals surface area contributed by atoms with Crippen LogP contribution >= 0.6 is 0 Å². The van der Waals surface area contributed by atoms with Crippen LogP contribution in [0.4, 0.5) is 30.2 Å². The minimum atomic E-state index is -4.95. The summed E-state index contributed by atoms with van der Waals surface area (Å²) in [5.74, 6) is 0.471. The van der Waals surface area contributed by atoms with Crippen LogP contribution in [0, 0.1) is 32.1 Å². The third kappa shape index (κ3) is 3.04. The highest BCUT2D eigenvalue weighted by molar-refractivity contribution is 5.95. The minimum absolute atomic E-state index is 0.139. The zero-order valence-corrected chi connectivity index (χ0v) is 12.5. The van der Waals surface area contributed by atoms with Gasteiger partial charge in [-0.3, -0.25) is 25.7 Å². The number of alkyl halides is 3. The number of hydrazone groups is 1. The second-order valence-electron chi connectivity index (χ2n) is 5.75. The molecule has 11 heteroatoms. The first-order valence-corrected chi connectivity index (χ1v) is 7.21. The van der Waals surface area contributed by atoms with E-state index < -0.39 is 38.6 Å². The van der Waals surface area contributed by atoms with Gasteiger partial charge in [0.15, 0.2) is 0 Å². The van der Waals surface area contributed by atoms with Crippen LogP contribution < -0.4 is 5.43 Å². The molecular formula is C14H11F3N4O4. The molecule has 0 amide bonds. The van der Waals surface area contributed by atoms with Crippen LogP contribution in [0.1, 0.15) is 18.4 Å². The number of rotatable bonds is 4. The lowest BCUT2D eigenvalue weighted by Gasteiger charge is -2.31. The summed E-state index contributed by atoms with van der Waals surface area (Å²) >= 11 is 0. The molecule has 25 heavy (non-hydrogen) atoms. The van der Waals surface area contributed by atoms with Gasteiger partial charge in [-0.05, 0) is 18.8 Å². The summed E-state index contributed by atoms with van der Waals surface area (Å²) in [6.07, 6.45) is 0.406. The molecule has 0 heterocycles. The standard InChI is InChI=1S/C14H11F3N4O4/c15-14(16,17)8-5-11(20(22)23)13(12(6-8)21(24)25)19-18-10-4-7-2-1-3-9(7)10/h1-2,5-7,9,19H,3-4H2/b18-10-/t7-,9+/m1/s1. The molecule has 2 aliphatic carbocycles. The van der Waals surface area contributed by atoms with E-state index in [-0.39, 0.29) is 18.1 Å². The lowest BCUT2D eigenvalue weighted by molar-refractivity contribution is -0.392. The summed E-state index contributed by atoms with van der Waals surface area (Å²) < 4.78 is 38.5. The number of nitro groups is 2. The van der Waals surface area contributed by atoms with E-state index in [9.17, 15) is 33.4 Å². The number of fused-ring (bicyclic) bond motifs is 1. The van der Waals surface area contributed by atoms with Gasteiger partial charge < -0.3 is 0 Å². The fraction of sp³-hybridized carbons (Fsp3) is 0.357. The molecule has 0 unspecified atom stereocenters. The highest BCUT2D eigenvalue weighted by atomic mass is 19.4. The molecule has 8 nitrogen and oxygen atoms in total. The number of nitrogens with one attached hydrogen (secondary N) is 1. The molecule has 0 saturated heterocycles. The molecule has 2 aliphatic rings. The molecule has 0 bridgehead atoms. The molecule has 1 N–H and O–H groups in total. The van der Waals surface area contributed by atoms with E-state index in [0.29, 0.717) is 18.1 Å². The van der Waals surface area contributed by atoms with Crippen LogP contribution in [-0.2, 0) is 6.18 Å². The number of halogens is 3. The highest BCUT2D eigenvalue weighted by Gasteiger charge is 2.40. The lowest BCUT2D eigenvalue weighted by Crippen LogP contribution is -2.33. The number of nitrogens with zero attached hydrogens (tertiary/aromatic N) is 3. The van der Waals surface area contributed by atoms with Gasteiger partial charge in [-0.25, -0.2) is 0 Å². The maximum absolute atomic E-state index is 12.8. The number of hydrogen-bond donors (Lipinski definition) is 1. The Hall–Kier alpha value is -2.98. The number of benzene rings is 1. The molecule has 0 spiro atoms. The van der Waals surface area contributed by atoms with Gasteiger partial charge in [0.05, 0.1) is 15.4 Å². The van der Waals surface area contributed by atoms with E-state index in [1.54, 1.807) is 0 Å². The summed E-state index contributed by atoms with van der Waals surface area (Å²) in [7, 11) is 0. The molecule has 0 aromatic heterocycles. The van der Waals surface area contributed by atoms with Crippen molar-refractivity contribution in [2.45, 2.75) is 19.0 Å². The maximum atomic E-state index is 12.8. The fourth-order valence-electron chi connectivity index (χ4n) is 2.97. The van der Waals surface area contributed by atoms with Crippen LogP contribution in [0.25, 0.3) is 0 Å². The third-order valence-corrected chi connectivity index (χ3v) is 4.29. The Morgan fingerprint density at radius 1 is 1.16 bits per heavy atom. The van der Waals surface area contributed by atoms with Crippen LogP contribution in [0.2, 0.25) is 0 Å². The molecule has 132 valence electrons. The molecule has 3 rings (SSSR count). The second-order valence-corrected chi connectivity index (χ2v) is 5.75. The van der Waals surface area contributed by atoms with E-state index in [0.717, 1.165) is 6.42 Å². The van der Waals surface area contributed by atoms with E-state index >= 15 is 0 Å². The fourth-order valence-corrected chi connectivity index (χ4v) is 2.97. The van der Waals surface area contributed by atoms with E-state index in [2.05, 4.69) is 10.5 Å². The third-order valence-electron chi connectivity index (χ3n) is 4.29. The van der Waals surface area contributed by atoms with Crippen LogP contribution in [0.15, 0.2) is 29.4 Å². The number of anilines is 1. The largest absolute Gasteiger partial charge is 0.416 e. The first-order chi connectivity index (χ1) is 11.7. The summed E-state index contributed by atoms with van der Waals surface area (Å²) in [4.78, 5) is 20.0. The topological polar surface area (TPSA) is 111 Å². The van der Waals surface area contributed by atoms with Crippen molar-refractivity contribution >= 4 is 22.8 Å². The Balaban J connectivity index is 2.00. The first kappa shape index (κ1) is 16.9. The maximum Gasteiger partial charge on any atom is 0.416 e. The van der Waals surface area contributed by atoms with Crippen molar-refractivity contribution in [2.75, 3.05) is 5.43 Å². The molecule has 1 saturated carbocycles. The van der Waals surface area contributed by atoms with Gasteiger partial charge in [0.25, 0.3) is 0 Å². The summed E-state index contributed by atoms with van der Waals surface area (Å²) in [6.45, 7) is 0. The van der Waals surface area contributed by atoms with Crippen LogP contribution in [0.5, 0.6) is 0 Å². The molecule has 2 atom stereocenters. The van der Waals surface area contributed by atoms with Crippen molar-refractivity contribution < 1.29 is 23.0 Å². The zero-order chi connectivity index (χ0) is 18.4.